The van der Waals surface area contributed by atoms with E-state index in [1.807, 2.05) is 0 Å². The molecule has 0 aromatic rings. The molecule has 0 atom stereocenters. The highest BCUT2D eigenvalue weighted by Gasteiger charge is 2.22. The third-order valence-corrected chi connectivity index (χ3v) is 2.51. The number of hydrogen-bond acceptors (Lipinski definition) is 2. The van der Waals surface area contributed by atoms with Crippen molar-refractivity contribution in [2.45, 2.75) is 38.6 Å². The highest BCUT2D eigenvalue weighted by Crippen LogP contribution is 2.12. The monoisotopic (exact) mass is 168 g/mol. The summed E-state index contributed by atoms with van der Waals surface area (Å²) in [7, 11) is 0. The number of rotatable bonds is 6. The maximum atomic E-state index is 5.70. The molecule has 3 N–H and O–H groups in total. The van der Waals surface area contributed by atoms with Crippen molar-refractivity contribution >= 4 is 0 Å². The van der Waals surface area contributed by atoms with Gasteiger partial charge in [0, 0.05) is 25.0 Å². The first-order valence-corrected chi connectivity index (χ1v) is 4.63. The molecule has 70 valence electrons. The van der Waals surface area contributed by atoms with Crippen LogP contribution in [0.4, 0.5) is 0 Å². The number of nitrogens with one attached hydrogen (secondary N) is 1. The van der Waals surface area contributed by atoms with Crippen LogP contribution in [0.3, 0.4) is 0 Å². The van der Waals surface area contributed by atoms with E-state index in [2.05, 4.69) is 25.1 Å². The average molecular weight is 168 g/mol. The minimum absolute atomic E-state index is 0.108. The minimum atomic E-state index is 0.108. The van der Waals surface area contributed by atoms with E-state index < -0.39 is 0 Å². The van der Waals surface area contributed by atoms with Crippen LogP contribution in [-0.2, 0) is 0 Å². The second-order valence-electron chi connectivity index (χ2n) is 3.07. The fourth-order valence-corrected chi connectivity index (χ4v) is 1.26. The van der Waals surface area contributed by atoms with Crippen molar-refractivity contribution in [3.05, 3.63) is 0 Å². The Balaban J connectivity index is 3.86. The summed E-state index contributed by atoms with van der Waals surface area (Å²) >= 11 is 0. The van der Waals surface area contributed by atoms with Gasteiger partial charge in [-0.1, -0.05) is 13.8 Å². The zero-order valence-corrected chi connectivity index (χ0v) is 8.19. The molecule has 0 unspecified atom stereocenters. The Morgan fingerprint density at radius 2 is 2.00 bits per heavy atom. The summed E-state index contributed by atoms with van der Waals surface area (Å²) in [6.07, 6.45) is 8.06. The van der Waals surface area contributed by atoms with Crippen LogP contribution in [0.5, 0.6) is 0 Å². The largest absolute Gasteiger partial charge is 0.329 e. The molecule has 0 saturated heterocycles. The maximum Gasteiger partial charge on any atom is 0.0299 e. The molecular weight excluding hydrogens is 148 g/mol. The molecule has 0 aliphatic rings. The average Bonchev–Trinajstić information content (AvgIpc) is 2.14. The van der Waals surface area contributed by atoms with E-state index in [0.717, 1.165) is 25.8 Å². The van der Waals surface area contributed by atoms with Gasteiger partial charge in [-0.15, -0.1) is 12.3 Å². The van der Waals surface area contributed by atoms with Gasteiger partial charge in [0.25, 0.3) is 0 Å². The van der Waals surface area contributed by atoms with Crippen LogP contribution in [-0.4, -0.2) is 18.6 Å². The third-order valence-electron chi connectivity index (χ3n) is 2.51. The summed E-state index contributed by atoms with van der Waals surface area (Å²) < 4.78 is 0. The summed E-state index contributed by atoms with van der Waals surface area (Å²) in [5, 5.41) is 3.42. The van der Waals surface area contributed by atoms with Crippen molar-refractivity contribution in [3.63, 3.8) is 0 Å². The zero-order chi connectivity index (χ0) is 9.45. The Morgan fingerprint density at radius 1 is 1.42 bits per heavy atom. The fourth-order valence-electron chi connectivity index (χ4n) is 1.26. The standard InChI is InChI=1S/C10H20N2/c1-4-7-8-12-10(5-2,6-3)9-11/h1,12H,5-9,11H2,2-3H3. The lowest BCUT2D eigenvalue weighted by Crippen LogP contribution is -2.50. The lowest BCUT2D eigenvalue weighted by Gasteiger charge is -2.31. The van der Waals surface area contributed by atoms with Crippen molar-refractivity contribution in [2.24, 2.45) is 5.73 Å². The van der Waals surface area contributed by atoms with Crippen LogP contribution < -0.4 is 11.1 Å². The summed E-state index contributed by atoms with van der Waals surface area (Å²) in [4.78, 5) is 0. The summed E-state index contributed by atoms with van der Waals surface area (Å²) in [5.41, 5.74) is 5.80. The van der Waals surface area contributed by atoms with Crippen LogP contribution in [0.1, 0.15) is 33.1 Å². The lowest BCUT2D eigenvalue weighted by molar-refractivity contribution is 0.313. The molecule has 0 rings (SSSR count). The van der Waals surface area contributed by atoms with E-state index in [0.29, 0.717) is 6.54 Å². The first-order valence-electron chi connectivity index (χ1n) is 4.63. The van der Waals surface area contributed by atoms with E-state index in [1.54, 1.807) is 0 Å². The minimum Gasteiger partial charge on any atom is -0.329 e. The van der Waals surface area contributed by atoms with Crippen LogP contribution in [0.15, 0.2) is 0 Å². The quantitative estimate of drug-likeness (QED) is 0.460. The Kier molecular flexibility index (Phi) is 5.79. The molecule has 0 radical (unpaired) electrons. The van der Waals surface area contributed by atoms with Crippen molar-refractivity contribution in [3.8, 4) is 12.3 Å². The molecule has 2 heteroatoms. The van der Waals surface area contributed by atoms with Gasteiger partial charge in [-0.05, 0) is 12.8 Å². The molecule has 0 aliphatic carbocycles. The number of hydrogen-bond donors (Lipinski definition) is 2. The molecule has 0 aromatic heterocycles. The van der Waals surface area contributed by atoms with E-state index in [4.69, 9.17) is 12.2 Å². The lowest BCUT2D eigenvalue weighted by atomic mass is 9.93. The SMILES string of the molecule is C#CCCNC(CC)(CC)CN. The molecule has 0 aromatic carbocycles. The highest BCUT2D eigenvalue weighted by atomic mass is 15.0. The Labute approximate surface area is 75.9 Å². The van der Waals surface area contributed by atoms with Crippen LogP contribution in [0.2, 0.25) is 0 Å². The molecule has 0 bridgehead atoms. The van der Waals surface area contributed by atoms with Gasteiger partial charge >= 0.3 is 0 Å². The van der Waals surface area contributed by atoms with Gasteiger partial charge < -0.3 is 11.1 Å². The normalized spacial score (nSPS) is 11.2. The van der Waals surface area contributed by atoms with E-state index in [-0.39, 0.29) is 5.54 Å². The smallest absolute Gasteiger partial charge is 0.0299 e. The van der Waals surface area contributed by atoms with E-state index in [9.17, 15) is 0 Å². The van der Waals surface area contributed by atoms with Gasteiger partial charge in [0.2, 0.25) is 0 Å². The van der Waals surface area contributed by atoms with Crippen molar-refractivity contribution in [2.75, 3.05) is 13.1 Å². The van der Waals surface area contributed by atoms with Gasteiger partial charge in [-0.2, -0.15) is 0 Å². The zero-order valence-electron chi connectivity index (χ0n) is 8.19. The van der Waals surface area contributed by atoms with Gasteiger partial charge in [-0.25, -0.2) is 0 Å². The highest BCUT2D eigenvalue weighted by molar-refractivity contribution is 4.90. The van der Waals surface area contributed by atoms with Crippen molar-refractivity contribution < 1.29 is 0 Å². The molecule has 2 nitrogen and oxygen atoms in total. The van der Waals surface area contributed by atoms with Gasteiger partial charge in [0.15, 0.2) is 0 Å². The number of terminal acetylenes is 1. The van der Waals surface area contributed by atoms with Gasteiger partial charge in [0.05, 0.1) is 0 Å². The molecular formula is C10H20N2. The van der Waals surface area contributed by atoms with Crippen LogP contribution in [0.25, 0.3) is 0 Å². The fraction of sp³-hybridized carbons (Fsp3) is 0.800. The Morgan fingerprint density at radius 3 is 2.33 bits per heavy atom. The molecule has 0 fully saturated rings. The Bertz CT molecular complexity index is 134. The van der Waals surface area contributed by atoms with Gasteiger partial charge in [0.1, 0.15) is 0 Å². The van der Waals surface area contributed by atoms with Crippen LogP contribution in [0, 0.1) is 12.3 Å². The first-order chi connectivity index (χ1) is 5.74. The number of nitrogens with two attached hydrogens (primary N) is 1. The maximum absolute atomic E-state index is 5.70. The second-order valence-corrected chi connectivity index (χ2v) is 3.07. The third kappa shape index (κ3) is 3.25. The molecule has 0 spiro atoms. The molecule has 0 heterocycles. The topological polar surface area (TPSA) is 38.0 Å². The first kappa shape index (κ1) is 11.5. The molecule has 0 amide bonds. The Hall–Kier alpha value is -0.520. The van der Waals surface area contributed by atoms with E-state index in [1.165, 1.54) is 0 Å². The van der Waals surface area contributed by atoms with Crippen molar-refractivity contribution in [1.82, 2.24) is 5.32 Å². The summed E-state index contributed by atoms with van der Waals surface area (Å²) in [6, 6.07) is 0. The predicted octanol–water partition coefficient (Wildman–Crippen LogP) is 1.12. The summed E-state index contributed by atoms with van der Waals surface area (Å²) in [6.45, 7) is 5.86. The molecule has 0 saturated carbocycles. The van der Waals surface area contributed by atoms with Crippen LogP contribution >= 0.6 is 0 Å². The van der Waals surface area contributed by atoms with Gasteiger partial charge in [-0.3, -0.25) is 0 Å². The second kappa shape index (κ2) is 6.05. The molecule has 0 aliphatic heterocycles. The molecule has 12 heavy (non-hydrogen) atoms. The predicted molar refractivity (Wildman–Crippen MR) is 53.8 cm³/mol. The van der Waals surface area contributed by atoms with E-state index >= 15 is 0 Å². The van der Waals surface area contributed by atoms with Crippen molar-refractivity contribution in [1.29, 1.82) is 0 Å². The summed E-state index contributed by atoms with van der Waals surface area (Å²) in [5.74, 6) is 2.61.